The second-order valence-electron chi connectivity index (χ2n) is 4.60. The van der Waals surface area contributed by atoms with Crippen molar-refractivity contribution < 1.29 is 31.0 Å². The number of rotatable bonds is 5. The summed E-state index contributed by atoms with van der Waals surface area (Å²) in [6, 6.07) is 2.77. The summed E-state index contributed by atoms with van der Waals surface area (Å²) in [5.41, 5.74) is 2.72. The molecular weight excluding hydrogens is 350 g/mol. The van der Waals surface area contributed by atoms with Crippen molar-refractivity contribution in [1.82, 2.24) is 10.5 Å². The molecule has 4 N–H and O–H groups in total. The molecule has 0 amide bonds. The van der Waals surface area contributed by atoms with Gasteiger partial charge in [0.2, 0.25) is 0 Å². The molecule has 0 atom stereocenters. The molecule has 0 spiro atoms. The molecule has 0 unspecified atom stereocenters. The van der Waals surface area contributed by atoms with E-state index in [1.807, 2.05) is 0 Å². The molecule has 2 rings (SSSR count). The van der Waals surface area contributed by atoms with Crippen LogP contribution in [0.4, 0.5) is 5.69 Å². The molecule has 1 aromatic carbocycles. The van der Waals surface area contributed by atoms with E-state index in [-0.39, 0.29) is 18.8 Å². The number of aliphatic hydroxyl groups is 1. The van der Waals surface area contributed by atoms with E-state index in [1.54, 1.807) is 11.1 Å². The summed E-state index contributed by atoms with van der Waals surface area (Å²) in [7, 11) is -9.38. The van der Waals surface area contributed by atoms with Gasteiger partial charge in [-0.15, -0.1) is 0 Å². The SMILES string of the molecule is O=S(=O)(O)c1ccc(N2C=CCN(CCO)N2)c(S(=O)(=O)O)c1. The van der Waals surface area contributed by atoms with Gasteiger partial charge in [-0.05, 0) is 18.2 Å². The molecule has 0 radical (unpaired) electrons. The van der Waals surface area contributed by atoms with E-state index in [0.717, 1.165) is 12.1 Å². The maximum atomic E-state index is 11.5. The van der Waals surface area contributed by atoms with Gasteiger partial charge in [0.1, 0.15) is 4.90 Å². The molecule has 0 bridgehead atoms. The van der Waals surface area contributed by atoms with E-state index in [9.17, 15) is 21.4 Å². The quantitative estimate of drug-likeness (QED) is 0.490. The Bertz CT molecular complexity index is 820. The van der Waals surface area contributed by atoms with Gasteiger partial charge < -0.3 is 5.11 Å². The third-order valence-electron chi connectivity index (χ3n) is 2.97. The predicted octanol–water partition coefficient (Wildman–Crippen LogP) is -0.772. The maximum Gasteiger partial charge on any atom is 0.296 e. The van der Waals surface area contributed by atoms with Crippen LogP contribution in [0.3, 0.4) is 0 Å². The highest BCUT2D eigenvalue weighted by Crippen LogP contribution is 2.28. The van der Waals surface area contributed by atoms with E-state index in [4.69, 9.17) is 9.66 Å². The number of benzene rings is 1. The van der Waals surface area contributed by atoms with Crippen LogP contribution < -0.4 is 10.5 Å². The van der Waals surface area contributed by atoms with Gasteiger partial charge in [0.25, 0.3) is 20.2 Å². The summed E-state index contributed by atoms with van der Waals surface area (Å²) in [5, 5.41) is 11.7. The lowest BCUT2D eigenvalue weighted by atomic mass is 10.3. The molecule has 1 aliphatic rings. The van der Waals surface area contributed by atoms with Crippen molar-refractivity contribution in [3.05, 3.63) is 30.5 Å². The predicted molar refractivity (Wildman–Crippen MR) is 79.5 cm³/mol. The first-order valence-electron chi connectivity index (χ1n) is 6.30. The van der Waals surface area contributed by atoms with Crippen LogP contribution in [0.2, 0.25) is 0 Å². The van der Waals surface area contributed by atoms with E-state index < -0.39 is 30.0 Å². The van der Waals surface area contributed by atoms with Crippen molar-refractivity contribution >= 4 is 25.9 Å². The summed E-state index contributed by atoms with van der Waals surface area (Å²) < 4.78 is 63.7. The van der Waals surface area contributed by atoms with Gasteiger partial charge in [0.05, 0.1) is 17.2 Å². The van der Waals surface area contributed by atoms with Gasteiger partial charge in [-0.3, -0.25) is 14.1 Å². The zero-order chi connectivity index (χ0) is 17.3. The van der Waals surface area contributed by atoms with Crippen LogP contribution in [-0.4, -0.2) is 55.8 Å². The summed E-state index contributed by atoms with van der Waals surface area (Å²) in [6.07, 6.45) is 3.14. The van der Waals surface area contributed by atoms with Gasteiger partial charge >= 0.3 is 0 Å². The first kappa shape index (κ1) is 17.8. The van der Waals surface area contributed by atoms with Crippen LogP contribution in [0, 0.1) is 0 Å². The third-order valence-corrected chi connectivity index (χ3v) is 4.70. The van der Waals surface area contributed by atoms with Gasteiger partial charge in [-0.25, -0.2) is 5.01 Å². The second-order valence-corrected chi connectivity index (χ2v) is 7.42. The summed E-state index contributed by atoms with van der Waals surface area (Å²) in [4.78, 5) is -1.36. The van der Waals surface area contributed by atoms with Crippen molar-refractivity contribution in [2.75, 3.05) is 24.7 Å². The average molecular weight is 365 g/mol. The molecule has 0 aromatic heterocycles. The van der Waals surface area contributed by atoms with Crippen LogP contribution in [0.15, 0.2) is 40.3 Å². The van der Waals surface area contributed by atoms with Gasteiger partial charge in [-0.1, -0.05) is 6.08 Å². The largest absolute Gasteiger partial charge is 0.395 e. The van der Waals surface area contributed by atoms with Crippen molar-refractivity contribution in [1.29, 1.82) is 0 Å². The smallest absolute Gasteiger partial charge is 0.296 e. The minimum Gasteiger partial charge on any atom is -0.395 e. The van der Waals surface area contributed by atoms with Gasteiger partial charge in [0.15, 0.2) is 0 Å². The Morgan fingerprint density at radius 3 is 2.39 bits per heavy atom. The first-order valence-corrected chi connectivity index (χ1v) is 9.18. The molecule has 1 aliphatic heterocycles. The van der Waals surface area contributed by atoms with E-state index in [0.29, 0.717) is 12.6 Å². The van der Waals surface area contributed by atoms with Gasteiger partial charge in [-0.2, -0.15) is 22.4 Å². The van der Waals surface area contributed by atoms with Crippen LogP contribution in [0.25, 0.3) is 0 Å². The molecule has 23 heavy (non-hydrogen) atoms. The summed E-state index contributed by atoms with van der Waals surface area (Å²) >= 11 is 0. The van der Waals surface area contributed by atoms with Crippen LogP contribution in [0.5, 0.6) is 0 Å². The van der Waals surface area contributed by atoms with Crippen LogP contribution in [0.1, 0.15) is 0 Å². The zero-order valence-electron chi connectivity index (χ0n) is 11.7. The first-order chi connectivity index (χ1) is 10.6. The Hall–Kier alpha value is -1.54. The Kier molecular flexibility index (Phi) is 5.05. The molecule has 0 saturated heterocycles. The molecule has 10 nitrogen and oxygen atoms in total. The highest BCUT2D eigenvalue weighted by molar-refractivity contribution is 7.86. The van der Waals surface area contributed by atoms with Crippen molar-refractivity contribution in [2.24, 2.45) is 0 Å². The number of hydrazine groups is 2. The minimum absolute atomic E-state index is 0.0567. The number of hydrogen-bond donors (Lipinski definition) is 4. The molecule has 0 fully saturated rings. The lowest BCUT2D eigenvalue weighted by Gasteiger charge is -2.33. The lowest BCUT2D eigenvalue weighted by Crippen LogP contribution is -2.51. The fourth-order valence-electron chi connectivity index (χ4n) is 1.96. The highest BCUT2D eigenvalue weighted by Gasteiger charge is 2.24. The van der Waals surface area contributed by atoms with Crippen molar-refractivity contribution in [3.8, 4) is 0 Å². The van der Waals surface area contributed by atoms with Crippen molar-refractivity contribution in [2.45, 2.75) is 9.79 Å². The Labute approximate surface area is 133 Å². The lowest BCUT2D eigenvalue weighted by molar-refractivity contribution is 0.150. The molecule has 0 aliphatic carbocycles. The molecular formula is C11H15N3O7S2. The number of anilines is 1. The molecule has 12 heteroatoms. The summed E-state index contributed by atoms with van der Waals surface area (Å²) in [6.45, 7) is 0.564. The third kappa shape index (κ3) is 4.26. The Balaban J connectivity index is 2.50. The van der Waals surface area contributed by atoms with Gasteiger partial charge in [0, 0.05) is 19.3 Å². The zero-order valence-corrected chi connectivity index (χ0v) is 13.3. The Morgan fingerprint density at radius 1 is 1.13 bits per heavy atom. The van der Waals surface area contributed by atoms with E-state index >= 15 is 0 Å². The van der Waals surface area contributed by atoms with Crippen LogP contribution >= 0.6 is 0 Å². The van der Waals surface area contributed by atoms with Crippen LogP contribution in [-0.2, 0) is 20.2 Å². The monoisotopic (exact) mass is 365 g/mol. The van der Waals surface area contributed by atoms with E-state index in [1.165, 1.54) is 11.2 Å². The van der Waals surface area contributed by atoms with E-state index in [2.05, 4.69) is 5.53 Å². The highest BCUT2D eigenvalue weighted by atomic mass is 32.2. The minimum atomic E-state index is -4.75. The molecule has 0 saturated carbocycles. The number of nitrogens with one attached hydrogen (secondary N) is 1. The number of aliphatic hydroxyl groups excluding tert-OH is 1. The number of hydrogen-bond acceptors (Lipinski definition) is 8. The topological polar surface area (TPSA) is 147 Å². The Morgan fingerprint density at radius 2 is 1.83 bits per heavy atom. The molecule has 1 heterocycles. The molecule has 1 aromatic rings. The average Bonchev–Trinajstić information content (AvgIpc) is 2.45. The van der Waals surface area contributed by atoms with Crippen molar-refractivity contribution in [3.63, 3.8) is 0 Å². The number of nitrogens with zero attached hydrogens (tertiary/aromatic N) is 2. The second kappa shape index (κ2) is 6.52. The fraction of sp³-hybridized carbons (Fsp3) is 0.273. The number of β-amino-alcohol motifs (C(OH)–C–C–N with tert-alkyl or cyclic N) is 1. The fourth-order valence-corrected chi connectivity index (χ4v) is 3.25. The normalized spacial score (nSPS) is 16.7. The summed E-state index contributed by atoms with van der Waals surface area (Å²) in [5.74, 6) is 0. The molecule has 128 valence electrons. The standard InChI is InChI=1S/C11H15N3O7S2/c15-7-6-13-4-1-5-14(12-13)10-3-2-9(22(16,17)18)8-11(10)23(19,20)21/h1-3,5,8,12,15H,4,6-7H2,(H,16,17,18)(H,19,20,21). The maximum absolute atomic E-state index is 11.5.